The highest BCUT2D eigenvalue weighted by molar-refractivity contribution is 8.18. The van der Waals surface area contributed by atoms with Crippen LogP contribution in [0.15, 0.2) is 22.4 Å². The Kier molecular flexibility index (Phi) is 4.77. The van der Waals surface area contributed by atoms with Crippen molar-refractivity contribution in [2.45, 2.75) is 19.3 Å². The minimum absolute atomic E-state index is 0.139. The minimum Gasteiger partial charge on any atom is -0.302 e. The van der Waals surface area contributed by atoms with E-state index >= 15 is 0 Å². The molecule has 6 heteroatoms. The monoisotopic (exact) mass is 322 g/mol. The van der Waals surface area contributed by atoms with Crippen LogP contribution in [0.4, 0.5) is 4.79 Å². The summed E-state index contributed by atoms with van der Waals surface area (Å²) in [6.07, 6.45) is 5.55. The first-order valence-corrected chi connectivity index (χ1v) is 8.95. The average Bonchev–Trinajstić information content (AvgIpc) is 3.09. The molecule has 2 aliphatic rings. The fraction of sp³-hybridized carbons (Fsp3) is 0.467. The summed E-state index contributed by atoms with van der Waals surface area (Å²) in [6, 6.07) is 3.89. The lowest BCUT2D eigenvalue weighted by molar-refractivity contribution is -0.122. The number of likely N-dealkylation sites (tertiary alicyclic amines) is 1. The lowest BCUT2D eigenvalue weighted by Gasteiger charge is -2.27. The molecule has 0 spiro atoms. The zero-order valence-corrected chi connectivity index (χ0v) is 13.4. The maximum absolute atomic E-state index is 12.3. The number of hydrogen-bond donors (Lipinski definition) is 0. The number of nitrogens with zero attached hydrogens (tertiary/aromatic N) is 2. The summed E-state index contributed by atoms with van der Waals surface area (Å²) in [5.74, 6) is -0.143. The summed E-state index contributed by atoms with van der Waals surface area (Å²) in [5, 5.41) is 1.83. The Morgan fingerprint density at radius 1 is 1.14 bits per heavy atom. The summed E-state index contributed by atoms with van der Waals surface area (Å²) < 4.78 is 0. The van der Waals surface area contributed by atoms with Crippen LogP contribution in [0, 0.1) is 0 Å². The number of thioether (sulfide) groups is 1. The molecule has 0 saturated carbocycles. The van der Waals surface area contributed by atoms with E-state index in [2.05, 4.69) is 4.90 Å². The van der Waals surface area contributed by atoms with Crippen molar-refractivity contribution in [1.29, 1.82) is 0 Å². The van der Waals surface area contributed by atoms with E-state index in [0.29, 0.717) is 11.4 Å². The molecule has 3 rings (SSSR count). The van der Waals surface area contributed by atoms with Crippen LogP contribution in [0.1, 0.15) is 24.1 Å². The van der Waals surface area contributed by atoms with Crippen LogP contribution in [0.25, 0.3) is 6.08 Å². The third-order valence-corrected chi connectivity index (χ3v) is 5.51. The van der Waals surface area contributed by atoms with Crippen molar-refractivity contribution in [3.8, 4) is 0 Å². The van der Waals surface area contributed by atoms with Gasteiger partial charge in [0.05, 0.1) is 4.91 Å². The first-order valence-electron chi connectivity index (χ1n) is 7.25. The minimum atomic E-state index is -0.143. The van der Waals surface area contributed by atoms with Crippen molar-refractivity contribution < 1.29 is 9.59 Å². The summed E-state index contributed by atoms with van der Waals surface area (Å²) in [7, 11) is 0. The molecule has 1 aromatic heterocycles. The number of hydrogen-bond acceptors (Lipinski definition) is 5. The molecule has 0 bridgehead atoms. The third kappa shape index (κ3) is 3.56. The molecule has 2 aliphatic heterocycles. The summed E-state index contributed by atoms with van der Waals surface area (Å²) in [6.45, 7) is 3.47. The highest BCUT2D eigenvalue weighted by Crippen LogP contribution is 2.32. The van der Waals surface area contributed by atoms with Crippen molar-refractivity contribution in [3.05, 3.63) is 27.3 Å². The molecule has 0 unspecified atom stereocenters. The molecule has 2 fully saturated rings. The topological polar surface area (TPSA) is 40.6 Å². The molecule has 4 nitrogen and oxygen atoms in total. The Labute approximate surface area is 132 Å². The molecule has 3 heterocycles. The highest BCUT2D eigenvalue weighted by Gasteiger charge is 2.35. The van der Waals surface area contributed by atoms with Gasteiger partial charge in [-0.1, -0.05) is 12.5 Å². The number of thiophene rings is 1. The third-order valence-electron chi connectivity index (χ3n) is 3.78. The maximum atomic E-state index is 12.3. The Hall–Kier alpha value is -1.11. The van der Waals surface area contributed by atoms with E-state index in [1.54, 1.807) is 11.3 Å². The van der Waals surface area contributed by atoms with Gasteiger partial charge in [-0.2, -0.15) is 0 Å². The molecular formula is C15H18N2O2S2. The number of piperidine rings is 1. The van der Waals surface area contributed by atoms with Crippen LogP contribution >= 0.6 is 23.1 Å². The fourth-order valence-corrected chi connectivity index (χ4v) is 4.21. The second kappa shape index (κ2) is 6.77. The lowest BCUT2D eigenvalue weighted by atomic mass is 10.1. The van der Waals surface area contributed by atoms with Crippen LogP contribution in [-0.2, 0) is 4.79 Å². The quantitative estimate of drug-likeness (QED) is 0.798. The fourth-order valence-electron chi connectivity index (χ4n) is 2.62. The van der Waals surface area contributed by atoms with Crippen molar-refractivity contribution in [3.63, 3.8) is 0 Å². The molecule has 0 radical (unpaired) electrons. The molecule has 2 amide bonds. The van der Waals surface area contributed by atoms with Gasteiger partial charge >= 0.3 is 0 Å². The van der Waals surface area contributed by atoms with Gasteiger partial charge in [-0.3, -0.25) is 14.5 Å². The van der Waals surface area contributed by atoms with E-state index in [1.165, 1.54) is 24.2 Å². The molecule has 2 saturated heterocycles. The average molecular weight is 322 g/mol. The van der Waals surface area contributed by atoms with Gasteiger partial charge in [0.15, 0.2) is 0 Å². The molecule has 0 N–H and O–H groups in total. The predicted octanol–water partition coefficient (Wildman–Crippen LogP) is 3.27. The lowest BCUT2D eigenvalue weighted by Crippen LogP contribution is -2.39. The van der Waals surface area contributed by atoms with E-state index in [0.717, 1.165) is 36.3 Å². The molecular weight excluding hydrogens is 304 g/mol. The van der Waals surface area contributed by atoms with E-state index < -0.39 is 0 Å². The predicted molar refractivity (Wildman–Crippen MR) is 87.3 cm³/mol. The first-order chi connectivity index (χ1) is 10.2. The van der Waals surface area contributed by atoms with E-state index in [9.17, 15) is 9.59 Å². The largest absolute Gasteiger partial charge is 0.302 e. The van der Waals surface area contributed by atoms with Crippen LogP contribution in [0.2, 0.25) is 0 Å². The van der Waals surface area contributed by atoms with Crippen LogP contribution in [0.5, 0.6) is 0 Å². The number of rotatable bonds is 4. The Balaban J connectivity index is 1.61. The molecule has 1 aromatic rings. The number of carbonyl (C=O) groups is 2. The number of amides is 2. The Bertz CT molecular complexity index is 548. The smallest absolute Gasteiger partial charge is 0.293 e. The molecule has 21 heavy (non-hydrogen) atoms. The summed E-state index contributed by atoms with van der Waals surface area (Å²) in [5.41, 5.74) is 0. The first kappa shape index (κ1) is 14.8. The molecule has 0 atom stereocenters. The van der Waals surface area contributed by atoms with Crippen molar-refractivity contribution in [2.24, 2.45) is 0 Å². The summed E-state index contributed by atoms with van der Waals surface area (Å²) >= 11 is 2.62. The van der Waals surface area contributed by atoms with Gasteiger partial charge < -0.3 is 4.90 Å². The van der Waals surface area contributed by atoms with E-state index in [-0.39, 0.29) is 11.1 Å². The van der Waals surface area contributed by atoms with Crippen molar-refractivity contribution in [1.82, 2.24) is 9.80 Å². The second-order valence-corrected chi connectivity index (χ2v) is 7.22. The van der Waals surface area contributed by atoms with Gasteiger partial charge in [-0.05, 0) is 55.2 Å². The van der Waals surface area contributed by atoms with E-state index in [1.807, 2.05) is 23.6 Å². The molecule has 112 valence electrons. The van der Waals surface area contributed by atoms with Gasteiger partial charge in [-0.25, -0.2) is 0 Å². The number of carbonyl (C=O) groups excluding carboxylic acids is 2. The van der Waals surface area contributed by atoms with Crippen LogP contribution in [-0.4, -0.2) is 47.1 Å². The Morgan fingerprint density at radius 2 is 1.95 bits per heavy atom. The van der Waals surface area contributed by atoms with Crippen molar-refractivity contribution in [2.75, 3.05) is 26.2 Å². The van der Waals surface area contributed by atoms with Crippen LogP contribution < -0.4 is 0 Å². The molecule has 0 aromatic carbocycles. The van der Waals surface area contributed by atoms with Gasteiger partial charge in [0.2, 0.25) is 0 Å². The van der Waals surface area contributed by atoms with E-state index in [4.69, 9.17) is 0 Å². The van der Waals surface area contributed by atoms with Gasteiger partial charge in [-0.15, -0.1) is 11.3 Å². The van der Waals surface area contributed by atoms with Crippen LogP contribution in [0.3, 0.4) is 0 Å². The second-order valence-electron chi connectivity index (χ2n) is 5.25. The zero-order valence-electron chi connectivity index (χ0n) is 11.8. The standard InChI is InChI=1S/C15H18N2O2S2/c18-14-13(11-12-5-4-10-20-12)21-15(19)17(14)9-8-16-6-2-1-3-7-16/h4-5,10-11H,1-3,6-9H2/b13-11-. The van der Waals surface area contributed by atoms with Gasteiger partial charge in [0.1, 0.15) is 0 Å². The summed E-state index contributed by atoms with van der Waals surface area (Å²) in [4.78, 5) is 29.6. The number of imide groups is 1. The zero-order chi connectivity index (χ0) is 14.7. The Morgan fingerprint density at radius 3 is 2.67 bits per heavy atom. The SMILES string of the molecule is O=C1S/C(=C\c2cccs2)C(=O)N1CCN1CCCCC1. The normalized spacial score (nSPS) is 22.5. The van der Waals surface area contributed by atoms with Gasteiger partial charge in [0.25, 0.3) is 11.1 Å². The van der Waals surface area contributed by atoms with Gasteiger partial charge in [0, 0.05) is 18.0 Å². The molecule has 0 aliphatic carbocycles. The van der Waals surface area contributed by atoms with Crippen molar-refractivity contribution >= 4 is 40.3 Å². The highest BCUT2D eigenvalue weighted by atomic mass is 32.2. The maximum Gasteiger partial charge on any atom is 0.293 e.